The molecule has 0 saturated heterocycles. The predicted molar refractivity (Wildman–Crippen MR) is 83.8 cm³/mol. The minimum Gasteiger partial charge on any atom is -0.399 e. The normalized spacial score (nSPS) is 11.9. The molecule has 0 aromatic heterocycles. The molecule has 1 unspecified atom stereocenters. The summed E-state index contributed by atoms with van der Waals surface area (Å²) >= 11 is 0. The zero-order valence-electron chi connectivity index (χ0n) is 12.1. The summed E-state index contributed by atoms with van der Waals surface area (Å²) in [5, 5.41) is 2.95. The summed E-state index contributed by atoms with van der Waals surface area (Å²) in [6.45, 7) is 5.97. The fourth-order valence-corrected chi connectivity index (χ4v) is 2.05. The topological polar surface area (TPSA) is 55.1 Å². The molecule has 3 nitrogen and oxygen atoms in total. The van der Waals surface area contributed by atoms with Crippen molar-refractivity contribution < 1.29 is 4.79 Å². The van der Waals surface area contributed by atoms with Gasteiger partial charge in [-0.05, 0) is 61.7 Å². The van der Waals surface area contributed by atoms with Gasteiger partial charge in [0, 0.05) is 11.4 Å². The van der Waals surface area contributed by atoms with Crippen LogP contribution in [0.25, 0.3) is 0 Å². The molecule has 0 bridgehead atoms. The molecule has 3 heteroatoms. The van der Waals surface area contributed by atoms with Crippen LogP contribution in [0.1, 0.15) is 29.5 Å². The molecule has 3 N–H and O–H groups in total. The Morgan fingerprint density at radius 1 is 1.10 bits per heavy atom. The third-order valence-electron chi connectivity index (χ3n) is 3.58. The number of nitrogens with one attached hydrogen (secondary N) is 1. The van der Waals surface area contributed by atoms with E-state index in [9.17, 15) is 4.79 Å². The maximum Gasteiger partial charge on any atom is 0.231 e. The molecule has 104 valence electrons. The van der Waals surface area contributed by atoms with E-state index in [1.165, 1.54) is 11.1 Å². The van der Waals surface area contributed by atoms with Crippen molar-refractivity contribution in [2.24, 2.45) is 0 Å². The summed E-state index contributed by atoms with van der Waals surface area (Å²) in [6.07, 6.45) is 0. The van der Waals surface area contributed by atoms with Crippen LogP contribution in [0.3, 0.4) is 0 Å². The quantitative estimate of drug-likeness (QED) is 0.835. The lowest BCUT2D eigenvalue weighted by Crippen LogP contribution is -2.19. The number of carbonyl (C=O) groups is 1. The zero-order chi connectivity index (χ0) is 14.7. The van der Waals surface area contributed by atoms with Crippen molar-refractivity contribution in [2.45, 2.75) is 26.7 Å². The van der Waals surface area contributed by atoms with Gasteiger partial charge in [0.2, 0.25) is 5.91 Å². The van der Waals surface area contributed by atoms with E-state index in [-0.39, 0.29) is 11.8 Å². The first-order valence-corrected chi connectivity index (χ1v) is 6.71. The van der Waals surface area contributed by atoms with E-state index in [4.69, 9.17) is 5.73 Å². The number of nitrogen functional groups attached to an aromatic ring is 1. The Morgan fingerprint density at radius 2 is 1.85 bits per heavy atom. The van der Waals surface area contributed by atoms with Crippen LogP contribution in [0.15, 0.2) is 42.5 Å². The van der Waals surface area contributed by atoms with Gasteiger partial charge in [0.15, 0.2) is 0 Å². The molecule has 1 atom stereocenters. The Hall–Kier alpha value is -2.29. The highest BCUT2D eigenvalue weighted by Gasteiger charge is 2.15. The monoisotopic (exact) mass is 268 g/mol. The van der Waals surface area contributed by atoms with Crippen molar-refractivity contribution in [2.75, 3.05) is 11.1 Å². The summed E-state index contributed by atoms with van der Waals surface area (Å²) in [4.78, 5) is 12.3. The molecule has 0 fully saturated rings. The van der Waals surface area contributed by atoms with E-state index in [2.05, 4.69) is 12.2 Å². The largest absolute Gasteiger partial charge is 0.399 e. The third kappa shape index (κ3) is 3.18. The number of amides is 1. The maximum absolute atomic E-state index is 12.3. The van der Waals surface area contributed by atoms with Gasteiger partial charge < -0.3 is 11.1 Å². The third-order valence-corrected chi connectivity index (χ3v) is 3.58. The van der Waals surface area contributed by atoms with Crippen LogP contribution in [0.5, 0.6) is 0 Å². The minimum atomic E-state index is -0.236. The number of benzene rings is 2. The Balaban J connectivity index is 2.13. The zero-order valence-corrected chi connectivity index (χ0v) is 12.1. The summed E-state index contributed by atoms with van der Waals surface area (Å²) < 4.78 is 0. The van der Waals surface area contributed by atoms with Crippen molar-refractivity contribution in [1.82, 2.24) is 0 Å². The highest BCUT2D eigenvalue weighted by atomic mass is 16.1. The van der Waals surface area contributed by atoms with Crippen molar-refractivity contribution in [3.63, 3.8) is 0 Å². The van der Waals surface area contributed by atoms with Crippen LogP contribution < -0.4 is 11.1 Å². The average Bonchev–Trinajstić information content (AvgIpc) is 2.42. The fourth-order valence-electron chi connectivity index (χ4n) is 2.05. The molecule has 0 aliphatic carbocycles. The van der Waals surface area contributed by atoms with Crippen LogP contribution in [0.4, 0.5) is 11.4 Å². The molecule has 0 aliphatic heterocycles. The highest BCUT2D eigenvalue weighted by Crippen LogP contribution is 2.21. The van der Waals surface area contributed by atoms with Crippen LogP contribution in [0, 0.1) is 13.8 Å². The lowest BCUT2D eigenvalue weighted by molar-refractivity contribution is -0.117. The second-order valence-electron chi connectivity index (χ2n) is 5.18. The molecule has 0 aliphatic rings. The van der Waals surface area contributed by atoms with Crippen molar-refractivity contribution >= 4 is 17.3 Å². The van der Waals surface area contributed by atoms with Crippen molar-refractivity contribution in [3.05, 3.63) is 59.2 Å². The molecular weight excluding hydrogens is 248 g/mol. The van der Waals surface area contributed by atoms with E-state index in [1.54, 1.807) is 0 Å². The van der Waals surface area contributed by atoms with Gasteiger partial charge in [0.1, 0.15) is 0 Å². The Labute approximate surface area is 119 Å². The molecular formula is C17H20N2O. The lowest BCUT2D eigenvalue weighted by Gasteiger charge is -2.14. The number of anilines is 2. The molecule has 20 heavy (non-hydrogen) atoms. The first kappa shape index (κ1) is 14.1. The molecule has 0 spiro atoms. The van der Waals surface area contributed by atoms with Gasteiger partial charge in [-0.25, -0.2) is 0 Å². The number of hydrogen-bond donors (Lipinski definition) is 2. The van der Waals surface area contributed by atoms with Gasteiger partial charge in [0.05, 0.1) is 5.92 Å². The molecule has 2 rings (SSSR count). The Kier molecular flexibility index (Phi) is 4.08. The minimum absolute atomic E-state index is 0.0288. The predicted octanol–water partition coefficient (Wildman–Crippen LogP) is 3.63. The van der Waals surface area contributed by atoms with Gasteiger partial charge in [0.25, 0.3) is 0 Å². The first-order valence-electron chi connectivity index (χ1n) is 6.71. The van der Waals surface area contributed by atoms with Crippen molar-refractivity contribution in [3.8, 4) is 0 Å². The highest BCUT2D eigenvalue weighted by molar-refractivity contribution is 5.95. The van der Waals surface area contributed by atoms with E-state index in [1.807, 2.05) is 56.3 Å². The van der Waals surface area contributed by atoms with Crippen LogP contribution in [0.2, 0.25) is 0 Å². The molecule has 0 heterocycles. The SMILES string of the molecule is Cc1ccc(NC(=O)C(C)c2cccc(N)c2)cc1C. The van der Waals surface area contributed by atoms with Crippen LogP contribution in [-0.4, -0.2) is 5.91 Å². The van der Waals surface area contributed by atoms with Crippen molar-refractivity contribution in [1.29, 1.82) is 0 Å². The summed E-state index contributed by atoms with van der Waals surface area (Å²) in [5.74, 6) is -0.265. The second-order valence-corrected chi connectivity index (χ2v) is 5.18. The number of carbonyl (C=O) groups excluding carboxylic acids is 1. The molecule has 0 saturated carbocycles. The average molecular weight is 268 g/mol. The number of rotatable bonds is 3. The summed E-state index contributed by atoms with van der Waals surface area (Å²) in [5.41, 5.74) is 10.6. The van der Waals surface area contributed by atoms with E-state index in [0.717, 1.165) is 11.3 Å². The number of nitrogens with two attached hydrogens (primary N) is 1. The fraction of sp³-hybridized carbons (Fsp3) is 0.235. The maximum atomic E-state index is 12.3. The Morgan fingerprint density at radius 3 is 2.50 bits per heavy atom. The molecule has 2 aromatic carbocycles. The van der Waals surface area contributed by atoms with Gasteiger partial charge in [-0.2, -0.15) is 0 Å². The number of aryl methyl sites for hydroxylation is 2. The molecule has 0 radical (unpaired) electrons. The van der Waals surface area contributed by atoms with Crippen LogP contribution >= 0.6 is 0 Å². The number of hydrogen-bond acceptors (Lipinski definition) is 2. The summed E-state index contributed by atoms with van der Waals surface area (Å²) in [7, 11) is 0. The van der Waals surface area contributed by atoms with Gasteiger partial charge in [-0.1, -0.05) is 18.2 Å². The van der Waals surface area contributed by atoms with Gasteiger partial charge >= 0.3 is 0 Å². The van der Waals surface area contributed by atoms with E-state index < -0.39 is 0 Å². The van der Waals surface area contributed by atoms with E-state index >= 15 is 0 Å². The molecule has 2 aromatic rings. The standard InChI is InChI=1S/C17H20N2O/c1-11-7-8-16(9-12(11)2)19-17(20)13(3)14-5-4-6-15(18)10-14/h4-10,13H,18H2,1-3H3,(H,19,20). The molecule has 1 amide bonds. The first-order chi connectivity index (χ1) is 9.47. The smallest absolute Gasteiger partial charge is 0.231 e. The van der Waals surface area contributed by atoms with Gasteiger partial charge in [-0.3, -0.25) is 4.79 Å². The lowest BCUT2D eigenvalue weighted by atomic mass is 9.99. The Bertz CT molecular complexity index is 635. The van der Waals surface area contributed by atoms with E-state index in [0.29, 0.717) is 5.69 Å². The second kappa shape index (κ2) is 5.78. The summed E-state index contributed by atoms with van der Waals surface area (Å²) in [6, 6.07) is 13.4. The van der Waals surface area contributed by atoms with Gasteiger partial charge in [-0.15, -0.1) is 0 Å². The van der Waals surface area contributed by atoms with Crippen LogP contribution in [-0.2, 0) is 4.79 Å².